The molecular formula is C16H14ClN3O4. The maximum absolute atomic E-state index is 12.1. The molecule has 0 atom stereocenters. The SMILES string of the molecule is CN(Cc1ccccc1)C(=O)C(=O)Nc1ccc([N+](=O)[O-])cc1Cl. The molecule has 0 saturated carbocycles. The molecule has 124 valence electrons. The number of carbonyl (C=O) groups is 2. The Hall–Kier alpha value is -2.93. The predicted octanol–water partition coefficient (Wildman–Crippen LogP) is 2.85. The molecule has 7 nitrogen and oxygen atoms in total. The summed E-state index contributed by atoms with van der Waals surface area (Å²) in [6.45, 7) is 0.279. The van der Waals surface area contributed by atoms with Crippen LogP contribution < -0.4 is 5.32 Å². The molecule has 0 aliphatic carbocycles. The van der Waals surface area contributed by atoms with E-state index in [4.69, 9.17) is 11.6 Å². The van der Waals surface area contributed by atoms with Crippen LogP contribution in [-0.2, 0) is 16.1 Å². The van der Waals surface area contributed by atoms with Gasteiger partial charge in [0.25, 0.3) is 5.69 Å². The van der Waals surface area contributed by atoms with Gasteiger partial charge in [0, 0.05) is 25.7 Å². The molecule has 0 saturated heterocycles. The summed E-state index contributed by atoms with van der Waals surface area (Å²) in [6, 6.07) is 12.8. The van der Waals surface area contributed by atoms with Crippen molar-refractivity contribution >= 4 is 34.8 Å². The summed E-state index contributed by atoms with van der Waals surface area (Å²) in [7, 11) is 1.51. The summed E-state index contributed by atoms with van der Waals surface area (Å²) in [5.41, 5.74) is 0.814. The normalized spacial score (nSPS) is 10.1. The Labute approximate surface area is 143 Å². The summed E-state index contributed by atoms with van der Waals surface area (Å²) in [5.74, 6) is -1.61. The number of hydrogen-bond donors (Lipinski definition) is 1. The number of carbonyl (C=O) groups excluding carboxylic acids is 2. The number of rotatable bonds is 4. The number of benzene rings is 2. The van der Waals surface area contributed by atoms with Gasteiger partial charge in [-0.2, -0.15) is 0 Å². The van der Waals surface area contributed by atoms with Crippen LogP contribution in [0.15, 0.2) is 48.5 Å². The average Bonchev–Trinajstić information content (AvgIpc) is 2.56. The number of nitro groups is 1. The highest BCUT2D eigenvalue weighted by Gasteiger charge is 2.20. The number of anilines is 1. The van der Waals surface area contributed by atoms with Crippen LogP contribution in [0.2, 0.25) is 5.02 Å². The molecule has 1 N–H and O–H groups in total. The van der Waals surface area contributed by atoms with Gasteiger partial charge in [0.05, 0.1) is 15.6 Å². The number of halogens is 1. The quantitative estimate of drug-likeness (QED) is 0.523. The molecule has 2 rings (SSSR count). The summed E-state index contributed by atoms with van der Waals surface area (Å²) in [4.78, 5) is 35.4. The van der Waals surface area contributed by atoms with Crippen LogP contribution in [0.25, 0.3) is 0 Å². The summed E-state index contributed by atoms with van der Waals surface area (Å²) in [5, 5.41) is 13.0. The van der Waals surface area contributed by atoms with Gasteiger partial charge in [0.2, 0.25) is 0 Å². The van der Waals surface area contributed by atoms with Gasteiger partial charge < -0.3 is 10.2 Å². The maximum Gasteiger partial charge on any atom is 0.313 e. The Bertz CT molecular complexity index is 780. The molecule has 0 radical (unpaired) electrons. The van der Waals surface area contributed by atoms with E-state index in [2.05, 4.69) is 5.32 Å². The largest absolute Gasteiger partial charge is 0.333 e. The van der Waals surface area contributed by atoms with Crippen LogP contribution >= 0.6 is 11.6 Å². The first-order valence-corrected chi connectivity index (χ1v) is 7.30. The third-order valence-electron chi connectivity index (χ3n) is 3.22. The molecule has 0 heterocycles. The molecule has 8 heteroatoms. The number of non-ortho nitro benzene ring substituents is 1. The summed E-state index contributed by atoms with van der Waals surface area (Å²) >= 11 is 5.89. The number of nitro benzene ring substituents is 1. The fourth-order valence-corrected chi connectivity index (χ4v) is 2.22. The highest BCUT2D eigenvalue weighted by molar-refractivity contribution is 6.41. The molecule has 2 aromatic carbocycles. The van der Waals surface area contributed by atoms with Gasteiger partial charge in [-0.15, -0.1) is 0 Å². The molecule has 0 aliphatic heterocycles. The smallest absolute Gasteiger partial charge is 0.313 e. The lowest BCUT2D eigenvalue weighted by Gasteiger charge is -2.17. The van der Waals surface area contributed by atoms with Crippen molar-refractivity contribution in [1.29, 1.82) is 0 Å². The van der Waals surface area contributed by atoms with Crippen molar-refractivity contribution < 1.29 is 14.5 Å². The second kappa shape index (κ2) is 7.56. The molecule has 2 aromatic rings. The first-order chi connectivity index (χ1) is 11.4. The third kappa shape index (κ3) is 4.30. The Morgan fingerprint density at radius 2 is 1.88 bits per heavy atom. The van der Waals surface area contributed by atoms with E-state index >= 15 is 0 Å². The van der Waals surface area contributed by atoms with Crippen LogP contribution in [0.5, 0.6) is 0 Å². The maximum atomic E-state index is 12.1. The number of nitrogens with one attached hydrogen (secondary N) is 1. The molecule has 0 spiro atoms. The number of hydrogen-bond acceptors (Lipinski definition) is 4. The lowest BCUT2D eigenvalue weighted by Crippen LogP contribution is -2.36. The Balaban J connectivity index is 2.03. The summed E-state index contributed by atoms with van der Waals surface area (Å²) in [6.07, 6.45) is 0. The van der Waals surface area contributed by atoms with Gasteiger partial charge in [-0.1, -0.05) is 41.9 Å². The van der Waals surface area contributed by atoms with Gasteiger partial charge >= 0.3 is 11.8 Å². The van der Waals surface area contributed by atoms with Crippen LogP contribution in [0.4, 0.5) is 11.4 Å². The van der Waals surface area contributed by atoms with Crippen LogP contribution in [0, 0.1) is 10.1 Å². The van der Waals surface area contributed by atoms with Crippen molar-refractivity contribution in [1.82, 2.24) is 4.90 Å². The van der Waals surface area contributed by atoms with E-state index in [1.54, 1.807) is 0 Å². The van der Waals surface area contributed by atoms with E-state index in [1.165, 1.54) is 24.1 Å². The van der Waals surface area contributed by atoms with Gasteiger partial charge in [-0.05, 0) is 11.6 Å². The zero-order valence-corrected chi connectivity index (χ0v) is 13.5. The highest BCUT2D eigenvalue weighted by Crippen LogP contribution is 2.26. The third-order valence-corrected chi connectivity index (χ3v) is 3.53. The van der Waals surface area contributed by atoms with Gasteiger partial charge in [0.1, 0.15) is 0 Å². The second-order valence-electron chi connectivity index (χ2n) is 5.02. The van der Waals surface area contributed by atoms with Crippen molar-refractivity contribution in [3.63, 3.8) is 0 Å². The van der Waals surface area contributed by atoms with Crippen molar-refractivity contribution in [2.24, 2.45) is 0 Å². The zero-order chi connectivity index (χ0) is 17.7. The predicted molar refractivity (Wildman–Crippen MR) is 89.7 cm³/mol. The van der Waals surface area contributed by atoms with E-state index in [-0.39, 0.29) is 22.9 Å². The topological polar surface area (TPSA) is 92.6 Å². The minimum atomic E-state index is -0.871. The molecule has 0 bridgehead atoms. The fourth-order valence-electron chi connectivity index (χ4n) is 2.00. The zero-order valence-electron chi connectivity index (χ0n) is 12.7. The molecular weight excluding hydrogens is 334 g/mol. The highest BCUT2D eigenvalue weighted by atomic mass is 35.5. The Morgan fingerprint density at radius 3 is 2.46 bits per heavy atom. The monoisotopic (exact) mass is 347 g/mol. The second-order valence-corrected chi connectivity index (χ2v) is 5.43. The molecule has 0 fully saturated rings. The standard InChI is InChI=1S/C16H14ClN3O4/c1-19(10-11-5-3-2-4-6-11)16(22)15(21)18-14-8-7-12(20(23)24)9-13(14)17/h2-9H,10H2,1H3,(H,18,21). The molecule has 0 unspecified atom stereocenters. The lowest BCUT2D eigenvalue weighted by atomic mass is 10.2. The van der Waals surface area contributed by atoms with Crippen molar-refractivity contribution in [2.45, 2.75) is 6.54 Å². The Kier molecular flexibility index (Phi) is 5.49. The van der Waals surface area contributed by atoms with Crippen molar-refractivity contribution in [3.8, 4) is 0 Å². The molecule has 0 aromatic heterocycles. The van der Waals surface area contributed by atoms with Gasteiger partial charge in [-0.3, -0.25) is 19.7 Å². The Morgan fingerprint density at radius 1 is 1.21 bits per heavy atom. The van der Waals surface area contributed by atoms with Gasteiger partial charge in [0.15, 0.2) is 0 Å². The first kappa shape index (κ1) is 17.4. The lowest BCUT2D eigenvalue weighted by molar-refractivity contribution is -0.384. The van der Waals surface area contributed by atoms with Crippen LogP contribution in [-0.4, -0.2) is 28.7 Å². The van der Waals surface area contributed by atoms with E-state index in [0.717, 1.165) is 11.6 Å². The average molecular weight is 348 g/mol. The first-order valence-electron chi connectivity index (χ1n) is 6.93. The molecule has 0 aliphatic rings. The summed E-state index contributed by atoms with van der Waals surface area (Å²) < 4.78 is 0. The van der Waals surface area contributed by atoms with Crippen molar-refractivity contribution in [2.75, 3.05) is 12.4 Å². The minimum Gasteiger partial charge on any atom is -0.333 e. The van der Waals surface area contributed by atoms with E-state index < -0.39 is 16.7 Å². The minimum absolute atomic E-state index is 0.0175. The van der Waals surface area contributed by atoms with Crippen LogP contribution in [0.3, 0.4) is 0 Å². The van der Waals surface area contributed by atoms with Crippen molar-refractivity contribution in [3.05, 3.63) is 69.2 Å². The van der Waals surface area contributed by atoms with E-state index in [1.807, 2.05) is 30.3 Å². The van der Waals surface area contributed by atoms with Gasteiger partial charge in [-0.25, -0.2) is 0 Å². The number of likely N-dealkylation sites (N-methyl/N-ethyl adjacent to an activating group) is 1. The van der Waals surface area contributed by atoms with E-state index in [0.29, 0.717) is 0 Å². The fraction of sp³-hybridized carbons (Fsp3) is 0.125. The molecule has 2 amide bonds. The molecule has 24 heavy (non-hydrogen) atoms. The van der Waals surface area contributed by atoms with E-state index in [9.17, 15) is 19.7 Å². The van der Waals surface area contributed by atoms with Crippen LogP contribution in [0.1, 0.15) is 5.56 Å². The number of amides is 2. The number of nitrogens with zero attached hydrogens (tertiary/aromatic N) is 2.